The first-order chi connectivity index (χ1) is 14.8. The number of hydrogen-bond acceptors (Lipinski definition) is 4. The van der Waals surface area contributed by atoms with Gasteiger partial charge in [0.15, 0.2) is 0 Å². The maximum atomic E-state index is 12.2. The van der Waals surface area contributed by atoms with Gasteiger partial charge in [-0.05, 0) is 99.7 Å². The summed E-state index contributed by atoms with van der Waals surface area (Å²) in [4.78, 5) is 5.00. The predicted octanol–water partition coefficient (Wildman–Crippen LogP) is 5.69. The molecular formula is C24H29F3N2O2. The average Bonchev–Trinajstić information content (AvgIpc) is 2.72. The Labute approximate surface area is 181 Å². The van der Waals surface area contributed by atoms with Gasteiger partial charge in [-0.25, -0.2) is 0 Å². The summed E-state index contributed by atoms with van der Waals surface area (Å²) in [5.41, 5.74) is 1.75. The summed E-state index contributed by atoms with van der Waals surface area (Å²) in [6.45, 7) is 5.66. The van der Waals surface area contributed by atoms with E-state index in [1.54, 1.807) is 0 Å². The second-order valence-electron chi connectivity index (χ2n) is 8.88. The fourth-order valence-electron chi connectivity index (χ4n) is 4.81. The molecule has 168 valence electrons. The zero-order valence-corrected chi connectivity index (χ0v) is 17.8. The SMILES string of the molecule is CN1CCCC2(CCN(Cc3ccc(Oc4ccc(OC(F)(F)F)cc4)cc3)CC2)C1. The van der Waals surface area contributed by atoms with Crippen LogP contribution in [0.4, 0.5) is 13.2 Å². The number of piperidine rings is 2. The molecule has 31 heavy (non-hydrogen) atoms. The summed E-state index contributed by atoms with van der Waals surface area (Å²) in [6.07, 6.45) is 0.523. The van der Waals surface area contributed by atoms with E-state index in [0.717, 1.165) is 19.6 Å². The van der Waals surface area contributed by atoms with Gasteiger partial charge < -0.3 is 14.4 Å². The highest BCUT2D eigenvalue weighted by Crippen LogP contribution is 2.39. The van der Waals surface area contributed by atoms with E-state index in [-0.39, 0.29) is 5.75 Å². The van der Waals surface area contributed by atoms with Gasteiger partial charge in [-0.1, -0.05) is 12.1 Å². The minimum atomic E-state index is -4.69. The first-order valence-corrected chi connectivity index (χ1v) is 10.8. The lowest BCUT2D eigenvalue weighted by atomic mass is 9.72. The van der Waals surface area contributed by atoms with E-state index in [4.69, 9.17) is 4.74 Å². The lowest BCUT2D eigenvalue weighted by molar-refractivity contribution is -0.274. The quantitative estimate of drug-likeness (QED) is 0.604. The van der Waals surface area contributed by atoms with Crippen LogP contribution in [-0.4, -0.2) is 49.4 Å². The van der Waals surface area contributed by atoms with Gasteiger partial charge in [0.1, 0.15) is 17.2 Å². The first-order valence-electron chi connectivity index (χ1n) is 10.8. The van der Waals surface area contributed by atoms with Gasteiger partial charge in [-0.15, -0.1) is 13.2 Å². The van der Waals surface area contributed by atoms with Crippen molar-refractivity contribution in [2.75, 3.05) is 33.2 Å². The molecule has 0 bridgehead atoms. The third kappa shape index (κ3) is 6.14. The lowest BCUT2D eigenvalue weighted by Gasteiger charge is -2.47. The molecule has 0 amide bonds. The number of alkyl halides is 3. The Kier molecular flexibility index (Phi) is 6.44. The van der Waals surface area contributed by atoms with E-state index in [0.29, 0.717) is 16.9 Å². The number of benzene rings is 2. The average molecular weight is 435 g/mol. The Hall–Kier alpha value is -2.25. The molecule has 7 heteroatoms. The lowest BCUT2D eigenvalue weighted by Crippen LogP contribution is -2.48. The summed E-state index contributed by atoms with van der Waals surface area (Å²) < 4.78 is 46.3. The van der Waals surface area contributed by atoms with E-state index < -0.39 is 6.36 Å². The predicted molar refractivity (Wildman–Crippen MR) is 113 cm³/mol. The monoisotopic (exact) mass is 434 g/mol. The Morgan fingerprint density at radius 2 is 1.42 bits per heavy atom. The zero-order valence-electron chi connectivity index (χ0n) is 17.8. The molecule has 0 aliphatic carbocycles. The molecule has 0 unspecified atom stereocenters. The number of halogens is 3. The molecule has 0 aromatic heterocycles. The summed E-state index contributed by atoms with van der Waals surface area (Å²) >= 11 is 0. The van der Waals surface area contributed by atoms with E-state index in [9.17, 15) is 13.2 Å². The molecule has 1 spiro atoms. The summed E-state index contributed by atoms with van der Waals surface area (Å²) in [5, 5.41) is 0. The van der Waals surface area contributed by atoms with Gasteiger partial charge in [0, 0.05) is 13.1 Å². The van der Waals surface area contributed by atoms with Crippen LogP contribution < -0.4 is 9.47 Å². The minimum Gasteiger partial charge on any atom is -0.457 e. The molecule has 0 saturated carbocycles. The number of likely N-dealkylation sites (tertiary alicyclic amines) is 2. The Bertz CT molecular complexity index is 845. The topological polar surface area (TPSA) is 24.9 Å². The first kappa shape index (κ1) is 22.0. The van der Waals surface area contributed by atoms with Crippen LogP contribution in [0.15, 0.2) is 48.5 Å². The number of rotatable bonds is 5. The maximum Gasteiger partial charge on any atom is 0.573 e. The van der Waals surface area contributed by atoms with E-state index in [2.05, 4.69) is 33.7 Å². The normalized spacial score (nSPS) is 20.0. The highest BCUT2D eigenvalue weighted by atomic mass is 19.4. The fraction of sp³-hybridized carbons (Fsp3) is 0.500. The van der Waals surface area contributed by atoms with Gasteiger partial charge in [0.05, 0.1) is 0 Å². The minimum absolute atomic E-state index is 0.265. The van der Waals surface area contributed by atoms with E-state index in [1.807, 2.05) is 12.1 Å². The molecule has 2 aromatic carbocycles. The molecule has 2 aromatic rings. The van der Waals surface area contributed by atoms with Crippen LogP contribution in [-0.2, 0) is 6.54 Å². The molecule has 2 fully saturated rings. The van der Waals surface area contributed by atoms with Crippen molar-refractivity contribution in [1.82, 2.24) is 9.80 Å². The summed E-state index contributed by atoms with van der Waals surface area (Å²) in [7, 11) is 2.24. The van der Waals surface area contributed by atoms with Crippen LogP contribution >= 0.6 is 0 Å². The Morgan fingerprint density at radius 3 is 2.00 bits per heavy atom. The van der Waals surface area contributed by atoms with Crippen molar-refractivity contribution in [2.24, 2.45) is 5.41 Å². The van der Waals surface area contributed by atoms with Crippen LogP contribution in [0.25, 0.3) is 0 Å². The molecule has 4 nitrogen and oxygen atoms in total. The Morgan fingerprint density at radius 1 is 0.839 bits per heavy atom. The standard InChI is InChI=1S/C24H29F3N2O2/c1-28-14-2-11-23(18-28)12-15-29(16-13-23)17-19-3-5-20(6-4-19)30-21-7-9-22(10-8-21)31-24(25,26)27/h3-10H,2,11-18H2,1H3. The van der Waals surface area contributed by atoms with Crippen LogP contribution in [0.5, 0.6) is 17.2 Å². The number of nitrogens with zero attached hydrogens (tertiary/aromatic N) is 2. The van der Waals surface area contributed by atoms with Gasteiger partial charge in [0.2, 0.25) is 0 Å². The van der Waals surface area contributed by atoms with Crippen molar-refractivity contribution in [3.05, 3.63) is 54.1 Å². The summed E-state index contributed by atoms with van der Waals surface area (Å²) in [5.74, 6) is 0.843. The highest BCUT2D eigenvalue weighted by Gasteiger charge is 2.37. The van der Waals surface area contributed by atoms with Gasteiger partial charge in [0.25, 0.3) is 0 Å². The van der Waals surface area contributed by atoms with E-state index in [1.165, 1.54) is 68.6 Å². The molecular weight excluding hydrogens is 405 g/mol. The van der Waals surface area contributed by atoms with Gasteiger partial charge >= 0.3 is 6.36 Å². The molecule has 4 rings (SSSR count). The van der Waals surface area contributed by atoms with Crippen LogP contribution in [0.1, 0.15) is 31.2 Å². The van der Waals surface area contributed by atoms with Crippen molar-refractivity contribution in [2.45, 2.75) is 38.6 Å². The summed E-state index contributed by atoms with van der Waals surface area (Å²) in [6, 6.07) is 13.3. The molecule has 2 saturated heterocycles. The molecule has 0 radical (unpaired) electrons. The maximum absolute atomic E-state index is 12.2. The smallest absolute Gasteiger partial charge is 0.457 e. The Balaban J connectivity index is 1.27. The third-order valence-electron chi connectivity index (χ3n) is 6.39. The second-order valence-corrected chi connectivity index (χ2v) is 8.88. The van der Waals surface area contributed by atoms with Crippen molar-refractivity contribution in [3.8, 4) is 17.2 Å². The largest absolute Gasteiger partial charge is 0.573 e. The molecule has 2 aliphatic rings. The van der Waals surface area contributed by atoms with Gasteiger partial charge in [-0.2, -0.15) is 0 Å². The molecule has 2 aliphatic heterocycles. The van der Waals surface area contributed by atoms with Crippen molar-refractivity contribution >= 4 is 0 Å². The molecule has 2 heterocycles. The molecule has 0 N–H and O–H groups in total. The van der Waals surface area contributed by atoms with Crippen LogP contribution in [0, 0.1) is 5.41 Å². The van der Waals surface area contributed by atoms with Crippen molar-refractivity contribution in [3.63, 3.8) is 0 Å². The number of hydrogen-bond donors (Lipinski definition) is 0. The van der Waals surface area contributed by atoms with Crippen LogP contribution in [0.2, 0.25) is 0 Å². The molecule has 0 atom stereocenters. The third-order valence-corrected chi connectivity index (χ3v) is 6.39. The fourth-order valence-corrected chi connectivity index (χ4v) is 4.81. The van der Waals surface area contributed by atoms with Crippen LogP contribution in [0.3, 0.4) is 0 Å². The van der Waals surface area contributed by atoms with E-state index >= 15 is 0 Å². The van der Waals surface area contributed by atoms with Gasteiger partial charge in [-0.3, -0.25) is 4.90 Å². The highest BCUT2D eigenvalue weighted by molar-refractivity contribution is 5.36. The van der Waals surface area contributed by atoms with Crippen molar-refractivity contribution < 1.29 is 22.6 Å². The van der Waals surface area contributed by atoms with Crippen molar-refractivity contribution in [1.29, 1.82) is 0 Å². The zero-order chi connectivity index (χ0) is 21.9. The second kappa shape index (κ2) is 9.09. The number of ether oxygens (including phenoxy) is 2.